The van der Waals surface area contributed by atoms with Gasteiger partial charge in [0.25, 0.3) is 0 Å². The second-order valence-corrected chi connectivity index (χ2v) is 6.96. The first-order chi connectivity index (χ1) is 12.7. The van der Waals surface area contributed by atoms with Crippen molar-refractivity contribution < 1.29 is 5.11 Å². The van der Waals surface area contributed by atoms with Gasteiger partial charge in [-0.3, -0.25) is 4.90 Å². The third-order valence-corrected chi connectivity index (χ3v) is 4.71. The fraction of sp³-hybridized carbons (Fsp3) is 0.217. The Morgan fingerprint density at radius 1 is 0.808 bits per heavy atom. The lowest BCUT2D eigenvalue weighted by Gasteiger charge is -2.25. The van der Waals surface area contributed by atoms with Crippen molar-refractivity contribution in [2.24, 2.45) is 0 Å². The molecule has 0 saturated heterocycles. The maximum absolute atomic E-state index is 10.7. The lowest BCUT2D eigenvalue weighted by atomic mass is 10.1. The number of hydrogen-bond acceptors (Lipinski definition) is 2. The molecule has 0 aliphatic heterocycles. The van der Waals surface area contributed by atoms with E-state index >= 15 is 0 Å². The van der Waals surface area contributed by atoms with Crippen LogP contribution < -0.4 is 0 Å². The van der Waals surface area contributed by atoms with Gasteiger partial charge in [-0.25, -0.2) is 0 Å². The SMILES string of the molecule is O[C@@H](CN(CCc1ccccc1)Cc1ccccc1)c1cccc(Cl)c1. The van der Waals surface area contributed by atoms with Gasteiger partial charge in [0.1, 0.15) is 0 Å². The molecule has 3 rings (SSSR count). The predicted octanol–water partition coefficient (Wildman–Crippen LogP) is 5.12. The number of rotatable bonds is 8. The Labute approximate surface area is 160 Å². The molecule has 1 N–H and O–H groups in total. The molecule has 0 saturated carbocycles. The molecule has 0 radical (unpaired) electrons. The second kappa shape index (κ2) is 9.54. The molecule has 0 heterocycles. The van der Waals surface area contributed by atoms with Crippen LogP contribution in [-0.4, -0.2) is 23.1 Å². The Hall–Kier alpha value is -2.13. The number of halogens is 1. The zero-order valence-electron chi connectivity index (χ0n) is 14.8. The van der Waals surface area contributed by atoms with E-state index in [1.807, 2.05) is 36.4 Å². The van der Waals surface area contributed by atoms with Crippen LogP contribution >= 0.6 is 11.6 Å². The predicted molar refractivity (Wildman–Crippen MR) is 108 cm³/mol. The summed E-state index contributed by atoms with van der Waals surface area (Å²) in [6.45, 7) is 2.27. The van der Waals surface area contributed by atoms with Crippen LogP contribution in [0.2, 0.25) is 5.02 Å². The summed E-state index contributed by atoms with van der Waals surface area (Å²) in [5, 5.41) is 11.3. The maximum Gasteiger partial charge on any atom is 0.0917 e. The third-order valence-electron chi connectivity index (χ3n) is 4.47. The Bertz CT molecular complexity index is 792. The minimum absolute atomic E-state index is 0.562. The van der Waals surface area contributed by atoms with Gasteiger partial charge in [-0.05, 0) is 35.2 Å². The van der Waals surface area contributed by atoms with Crippen LogP contribution in [-0.2, 0) is 13.0 Å². The van der Waals surface area contributed by atoms with E-state index in [1.54, 1.807) is 0 Å². The topological polar surface area (TPSA) is 23.5 Å². The number of hydrogen-bond donors (Lipinski definition) is 1. The smallest absolute Gasteiger partial charge is 0.0917 e. The van der Waals surface area contributed by atoms with Crippen LogP contribution in [0.5, 0.6) is 0 Å². The van der Waals surface area contributed by atoms with Crippen molar-refractivity contribution in [1.29, 1.82) is 0 Å². The van der Waals surface area contributed by atoms with E-state index in [0.717, 1.165) is 25.1 Å². The van der Waals surface area contributed by atoms with Crippen LogP contribution in [0.15, 0.2) is 84.9 Å². The molecule has 0 aromatic heterocycles. The van der Waals surface area contributed by atoms with Crippen LogP contribution in [0.25, 0.3) is 0 Å². The molecule has 3 aromatic carbocycles. The van der Waals surface area contributed by atoms with Gasteiger partial charge in [0.15, 0.2) is 0 Å². The van der Waals surface area contributed by atoms with Crippen LogP contribution in [0.1, 0.15) is 22.8 Å². The summed E-state index contributed by atoms with van der Waals surface area (Å²) < 4.78 is 0. The maximum atomic E-state index is 10.7. The highest BCUT2D eigenvalue weighted by atomic mass is 35.5. The molecule has 1 atom stereocenters. The van der Waals surface area contributed by atoms with Crippen molar-refractivity contribution in [3.8, 4) is 0 Å². The Kier molecular flexibility index (Phi) is 6.84. The number of benzene rings is 3. The zero-order valence-corrected chi connectivity index (χ0v) is 15.5. The van der Waals surface area contributed by atoms with Crippen molar-refractivity contribution in [3.05, 3.63) is 107 Å². The van der Waals surface area contributed by atoms with Gasteiger partial charge >= 0.3 is 0 Å². The van der Waals surface area contributed by atoms with E-state index in [2.05, 4.69) is 53.4 Å². The lowest BCUT2D eigenvalue weighted by Crippen LogP contribution is -2.30. The molecule has 3 aromatic rings. The van der Waals surface area contributed by atoms with Crippen LogP contribution in [0, 0.1) is 0 Å². The molecule has 0 aliphatic rings. The van der Waals surface area contributed by atoms with Gasteiger partial charge in [0.2, 0.25) is 0 Å². The van der Waals surface area contributed by atoms with Crippen molar-refractivity contribution in [2.45, 2.75) is 19.1 Å². The molecule has 2 nitrogen and oxygen atoms in total. The molecule has 0 spiro atoms. The van der Waals surface area contributed by atoms with E-state index < -0.39 is 6.10 Å². The molecule has 0 unspecified atom stereocenters. The average Bonchev–Trinajstić information content (AvgIpc) is 2.68. The molecular weight excluding hydrogens is 342 g/mol. The highest BCUT2D eigenvalue weighted by Gasteiger charge is 2.14. The molecule has 0 amide bonds. The first-order valence-electron chi connectivity index (χ1n) is 8.94. The molecule has 134 valence electrons. The normalized spacial score (nSPS) is 12.3. The number of nitrogens with zero attached hydrogens (tertiary/aromatic N) is 1. The first kappa shape index (κ1) is 18.7. The van der Waals surface area contributed by atoms with Crippen molar-refractivity contribution >= 4 is 11.6 Å². The summed E-state index contributed by atoms with van der Waals surface area (Å²) in [5.74, 6) is 0. The zero-order chi connectivity index (χ0) is 18.2. The van der Waals surface area contributed by atoms with Crippen molar-refractivity contribution in [2.75, 3.05) is 13.1 Å². The molecule has 0 aliphatic carbocycles. The van der Waals surface area contributed by atoms with E-state index in [9.17, 15) is 5.11 Å². The highest BCUT2D eigenvalue weighted by molar-refractivity contribution is 6.30. The minimum atomic E-state index is -0.562. The Morgan fingerprint density at radius 3 is 2.12 bits per heavy atom. The molecule has 0 fully saturated rings. The van der Waals surface area contributed by atoms with E-state index in [1.165, 1.54) is 11.1 Å². The van der Waals surface area contributed by atoms with Gasteiger partial charge in [-0.15, -0.1) is 0 Å². The summed E-state index contributed by atoms with van der Waals surface area (Å²) in [6, 6.07) is 28.3. The highest BCUT2D eigenvalue weighted by Crippen LogP contribution is 2.20. The van der Waals surface area contributed by atoms with Gasteiger partial charge in [-0.1, -0.05) is 84.4 Å². The van der Waals surface area contributed by atoms with Gasteiger partial charge in [0.05, 0.1) is 6.10 Å². The minimum Gasteiger partial charge on any atom is -0.387 e. The van der Waals surface area contributed by atoms with Crippen LogP contribution in [0.4, 0.5) is 0 Å². The summed E-state index contributed by atoms with van der Waals surface area (Å²) in [7, 11) is 0. The number of aliphatic hydroxyl groups is 1. The monoisotopic (exact) mass is 365 g/mol. The second-order valence-electron chi connectivity index (χ2n) is 6.53. The summed E-state index contributed by atoms with van der Waals surface area (Å²) >= 11 is 6.07. The standard InChI is InChI=1S/C23H24ClNO/c24-22-13-7-12-21(16-22)23(26)18-25(17-20-10-5-2-6-11-20)15-14-19-8-3-1-4-9-19/h1-13,16,23,26H,14-15,17-18H2/t23-/m0/s1. The fourth-order valence-corrected chi connectivity index (χ4v) is 3.27. The first-order valence-corrected chi connectivity index (χ1v) is 9.32. The van der Waals surface area contributed by atoms with Crippen LogP contribution in [0.3, 0.4) is 0 Å². The average molecular weight is 366 g/mol. The molecular formula is C23H24ClNO. The molecule has 0 bridgehead atoms. The van der Waals surface area contributed by atoms with E-state index in [0.29, 0.717) is 11.6 Å². The van der Waals surface area contributed by atoms with E-state index in [4.69, 9.17) is 11.6 Å². The quantitative estimate of drug-likeness (QED) is 0.599. The van der Waals surface area contributed by atoms with Crippen molar-refractivity contribution in [1.82, 2.24) is 4.90 Å². The van der Waals surface area contributed by atoms with E-state index in [-0.39, 0.29) is 0 Å². The fourth-order valence-electron chi connectivity index (χ4n) is 3.07. The molecule has 26 heavy (non-hydrogen) atoms. The summed E-state index contributed by atoms with van der Waals surface area (Å²) in [6.07, 6.45) is 0.392. The number of aliphatic hydroxyl groups excluding tert-OH is 1. The Morgan fingerprint density at radius 2 is 1.46 bits per heavy atom. The lowest BCUT2D eigenvalue weighted by molar-refractivity contribution is 0.109. The van der Waals surface area contributed by atoms with Gasteiger partial charge < -0.3 is 5.11 Å². The summed E-state index contributed by atoms with van der Waals surface area (Å²) in [5.41, 5.74) is 3.41. The Balaban J connectivity index is 1.69. The summed E-state index contributed by atoms with van der Waals surface area (Å²) in [4.78, 5) is 2.30. The largest absolute Gasteiger partial charge is 0.387 e. The third kappa shape index (κ3) is 5.70. The van der Waals surface area contributed by atoms with Gasteiger partial charge in [-0.2, -0.15) is 0 Å². The molecule has 3 heteroatoms. The van der Waals surface area contributed by atoms with Crippen molar-refractivity contribution in [3.63, 3.8) is 0 Å². The van der Waals surface area contributed by atoms with Gasteiger partial charge in [0, 0.05) is 24.7 Å².